The minimum absolute atomic E-state index is 0.270. The highest BCUT2D eigenvalue weighted by atomic mass is 16.5. The molecule has 0 saturated heterocycles. The highest BCUT2D eigenvalue weighted by Crippen LogP contribution is 2.35. The van der Waals surface area contributed by atoms with E-state index in [1.54, 1.807) is 6.07 Å². The normalized spacial score (nSPS) is 23.6. The summed E-state index contributed by atoms with van der Waals surface area (Å²) in [6.45, 7) is 1.74. The SMILES string of the molecule is Oc1cccc2c1OCC(CNC1CC1)C2. The number of ether oxygens (including phenoxy) is 1. The van der Waals surface area contributed by atoms with Crippen LogP contribution in [0.1, 0.15) is 18.4 Å². The van der Waals surface area contributed by atoms with E-state index >= 15 is 0 Å². The zero-order valence-corrected chi connectivity index (χ0v) is 9.28. The van der Waals surface area contributed by atoms with Gasteiger partial charge in [0.1, 0.15) is 0 Å². The number of nitrogens with one attached hydrogen (secondary N) is 1. The summed E-state index contributed by atoms with van der Waals surface area (Å²) in [6.07, 6.45) is 3.65. The van der Waals surface area contributed by atoms with Crippen molar-refractivity contribution in [3.8, 4) is 11.5 Å². The number of benzene rings is 1. The summed E-state index contributed by atoms with van der Waals surface area (Å²) in [4.78, 5) is 0. The van der Waals surface area contributed by atoms with E-state index in [4.69, 9.17) is 4.74 Å². The van der Waals surface area contributed by atoms with Crippen molar-refractivity contribution in [2.24, 2.45) is 5.92 Å². The van der Waals surface area contributed by atoms with Crippen molar-refractivity contribution < 1.29 is 9.84 Å². The van der Waals surface area contributed by atoms with Crippen LogP contribution < -0.4 is 10.1 Å². The van der Waals surface area contributed by atoms with Crippen molar-refractivity contribution in [1.29, 1.82) is 0 Å². The number of phenolic OH excluding ortho intramolecular Hbond substituents is 1. The summed E-state index contributed by atoms with van der Waals surface area (Å²) in [7, 11) is 0. The minimum atomic E-state index is 0.270. The van der Waals surface area contributed by atoms with Gasteiger partial charge in [0.25, 0.3) is 0 Å². The third kappa shape index (κ3) is 2.00. The largest absolute Gasteiger partial charge is 0.504 e. The third-order valence-electron chi connectivity index (χ3n) is 3.32. The number of aromatic hydroxyl groups is 1. The molecule has 1 atom stereocenters. The molecule has 0 amide bonds. The Morgan fingerprint density at radius 2 is 2.25 bits per heavy atom. The van der Waals surface area contributed by atoms with Gasteiger partial charge in [0.15, 0.2) is 11.5 Å². The topological polar surface area (TPSA) is 41.5 Å². The van der Waals surface area contributed by atoms with Crippen LogP contribution in [0, 0.1) is 5.92 Å². The van der Waals surface area contributed by atoms with Gasteiger partial charge < -0.3 is 15.2 Å². The number of fused-ring (bicyclic) bond motifs is 1. The summed E-state index contributed by atoms with van der Waals surface area (Å²) < 4.78 is 5.63. The fraction of sp³-hybridized carbons (Fsp3) is 0.538. The number of para-hydroxylation sites is 1. The van der Waals surface area contributed by atoms with Gasteiger partial charge in [-0.1, -0.05) is 12.1 Å². The van der Waals surface area contributed by atoms with Crippen molar-refractivity contribution in [2.75, 3.05) is 13.2 Å². The Morgan fingerprint density at radius 1 is 1.38 bits per heavy atom. The summed E-state index contributed by atoms with van der Waals surface area (Å²) >= 11 is 0. The van der Waals surface area contributed by atoms with Crippen molar-refractivity contribution in [1.82, 2.24) is 5.32 Å². The molecule has 1 aliphatic heterocycles. The number of hydrogen-bond acceptors (Lipinski definition) is 3. The van der Waals surface area contributed by atoms with E-state index in [1.807, 2.05) is 12.1 Å². The first-order valence-corrected chi connectivity index (χ1v) is 6.00. The highest BCUT2D eigenvalue weighted by molar-refractivity contribution is 5.46. The summed E-state index contributed by atoms with van der Waals surface area (Å²) in [5, 5.41) is 13.2. The second-order valence-electron chi connectivity index (χ2n) is 4.83. The van der Waals surface area contributed by atoms with Gasteiger partial charge in [0.05, 0.1) is 6.61 Å². The first-order chi connectivity index (χ1) is 7.83. The lowest BCUT2D eigenvalue weighted by Gasteiger charge is -2.26. The monoisotopic (exact) mass is 219 g/mol. The summed E-state index contributed by atoms with van der Waals surface area (Å²) in [6, 6.07) is 6.36. The molecule has 2 N–H and O–H groups in total. The van der Waals surface area contributed by atoms with Crippen molar-refractivity contribution in [3.05, 3.63) is 23.8 Å². The standard InChI is InChI=1S/C13H17NO2/c15-12-3-1-2-10-6-9(8-16-13(10)12)7-14-11-4-5-11/h1-3,9,11,14-15H,4-8H2. The Bertz CT molecular complexity index is 388. The van der Waals surface area contributed by atoms with Gasteiger partial charge in [0, 0.05) is 18.5 Å². The van der Waals surface area contributed by atoms with E-state index in [0.717, 1.165) is 24.6 Å². The summed E-state index contributed by atoms with van der Waals surface area (Å²) in [5.41, 5.74) is 1.13. The van der Waals surface area contributed by atoms with Crippen LogP contribution in [-0.4, -0.2) is 24.3 Å². The zero-order chi connectivity index (χ0) is 11.0. The molecule has 1 unspecified atom stereocenters. The predicted octanol–water partition coefficient (Wildman–Crippen LogP) is 1.70. The van der Waals surface area contributed by atoms with Gasteiger partial charge >= 0.3 is 0 Å². The Hall–Kier alpha value is -1.22. The molecule has 0 aromatic heterocycles. The van der Waals surface area contributed by atoms with E-state index < -0.39 is 0 Å². The van der Waals surface area contributed by atoms with Crippen molar-refractivity contribution in [2.45, 2.75) is 25.3 Å². The first-order valence-electron chi connectivity index (χ1n) is 6.00. The Kier molecular flexibility index (Phi) is 2.48. The number of hydrogen-bond donors (Lipinski definition) is 2. The quantitative estimate of drug-likeness (QED) is 0.813. The van der Waals surface area contributed by atoms with Crippen LogP contribution >= 0.6 is 0 Å². The predicted molar refractivity (Wildman–Crippen MR) is 61.8 cm³/mol. The van der Waals surface area contributed by atoms with E-state index in [1.165, 1.54) is 12.8 Å². The second-order valence-corrected chi connectivity index (χ2v) is 4.83. The van der Waals surface area contributed by atoms with Gasteiger partial charge in [0.2, 0.25) is 0 Å². The third-order valence-corrected chi connectivity index (χ3v) is 3.32. The lowest BCUT2D eigenvalue weighted by atomic mass is 9.96. The highest BCUT2D eigenvalue weighted by Gasteiger charge is 2.25. The molecule has 3 nitrogen and oxygen atoms in total. The average molecular weight is 219 g/mol. The van der Waals surface area contributed by atoms with Crippen LogP contribution in [0.4, 0.5) is 0 Å². The summed E-state index contributed by atoms with van der Waals surface area (Å²) in [5.74, 6) is 1.49. The molecule has 86 valence electrons. The first kappa shape index (κ1) is 9.97. The maximum atomic E-state index is 9.63. The molecule has 3 heteroatoms. The molecule has 1 aliphatic carbocycles. The van der Waals surface area contributed by atoms with Crippen molar-refractivity contribution >= 4 is 0 Å². The second kappa shape index (κ2) is 3.98. The lowest BCUT2D eigenvalue weighted by Crippen LogP contribution is -2.32. The van der Waals surface area contributed by atoms with Crippen LogP contribution in [0.5, 0.6) is 11.5 Å². The average Bonchev–Trinajstić information content (AvgIpc) is 3.10. The molecule has 1 saturated carbocycles. The Labute approximate surface area is 95.4 Å². The van der Waals surface area contributed by atoms with E-state index in [9.17, 15) is 5.11 Å². The molecular weight excluding hydrogens is 202 g/mol. The molecule has 16 heavy (non-hydrogen) atoms. The molecule has 1 aromatic rings. The molecule has 3 rings (SSSR count). The molecule has 0 bridgehead atoms. The maximum absolute atomic E-state index is 9.63. The fourth-order valence-electron chi connectivity index (χ4n) is 2.22. The molecular formula is C13H17NO2. The molecule has 0 spiro atoms. The minimum Gasteiger partial charge on any atom is -0.504 e. The zero-order valence-electron chi connectivity index (χ0n) is 9.28. The maximum Gasteiger partial charge on any atom is 0.164 e. The van der Waals surface area contributed by atoms with Gasteiger partial charge in [-0.25, -0.2) is 0 Å². The van der Waals surface area contributed by atoms with Crippen LogP contribution in [0.15, 0.2) is 18.2 Å². The number of phenols is 1. The Balaban J connectivity index is 1.65. The van der Waals surface area contributed by atoms with Crippen LogP contribution in [0.25, 0.3) is 0 Å². The molecule has 1 fully saturated rings. The van der Waals surface area contributed by atoms with Crippen LogP contribution in [0.3, 0.4) is 0 Å². The molecule has 1 heterocycles. The van der Waals surface area contributed by atoms with E-state index in [0.29, 0.717) is 18.3 Å². The van der Waals surface area contributed by atoms with Gasteiger partial charge in [-0.3, -0.25) is 0 Å². The lowest BCUT2D eigenvalue weighted by molar-refractivity contribution is 0.209. The van der Waals surface area contributed by atoms with Crippen LogP contribution in [-0.2, 0) is 6.42 Å². The molecule has 0 radical (unpaired) electrons. The fourth-order valence-corrected chi connectivity index (χ4v) is 2.22. The van der Waals surface area contributed by atoms with E-state index in [2.05, 4.69) is 5.32 Å². The molecule has 1 aromatic carbocycles. The van der Waals surface area contributed by atoms with E-state index in [-0.39, 0.29) is 5.75 Å². The smallest absolute Gasteiger partial charge is 0.164 e. The van der Waals surface area contributed by atoms with Gasteiger partial charge in [-0.2, -0.15) is 0 Å². The van der Waals surface area contributed by atoms with Crippen molar-refractivity contribution in [3.63, 3.8) is 0 Å². The van der Waals surface area contributed by atoms with Crippen LogP contribution in [0.2, 0.25) is 0 Å². The van der Waals surface area contributed by atoms with Gasteiger partial charge in [-0.05, 0) is 30.9 Å². The Morgan fingerprint density at radius 3 is 3.06 bits per heavy atom. The molecule has 2 aliphatic rings. The van der Waals surface area contributed by atoms with Gasteiger partial charge in [-0.15, -0.1) is 0 Å². The number of rotatable bonds is 3.